The molecule has 3 aromatic rings. The summed E-state index contributed by atoms with van der Waals surface area (Å²) in [5, 5.41) is 3.61. The fraction of sp³-hybridized carbons (Fsp3) is 0.208. The van der Waals surface area contributed by atoms with Gasteiger partial charge in [0.2, 0.25) is 5.91 Å². The molecule has 9 heteroatoms. The molecule has 170 valence electrons. The fourth-order valence-corrected chi connectivity index (χ4v) is 6.55. The van der Waals surface area contributed by atoms with E-state index in [-0.39, 0.29) is 48.5 Å². The predicted octanol–water partition coefficient (Wildman–Crippen LogP) is 3.46. The Balaban J connectivity index is 1.35. The summed E-state index contributed by atoms with van der Waals surface area (Å²) in [6.45, 7) is 0.0556. The molecule has 33 heavy (non-hydrogen) atoms. The molecule has 0 aliphatic carbocycles. The number of fused-ring (bicyclic) bond motifs is 1. The van der Waals surface area contributed by atoms with Crippen molar-refractivity contribution >= 4 is 38.9 Å². The number of imide groups is 1. The maximum atomic E-state index is 13.2. The van der Waals surface area contributed by atoms with Crippen LogP contribution in [0.25, 0.3) is 0 Å². The van der Waals surface area contributed by atoms with E-state index in [0.717, 1.165) is 4.90 Å². The zero-order chi connectivity index (χ0) is 23.4. The number of nitrogens with zero attached hydrogens (tertiary/aromatic N) is 1. The minimum atomic E-state index is -3.70. The summed E-state index contributed by atoms with van der Waals surface area (Å²) < 4.78 is 26.4. The van der Waals surface area contributed by atoms with Gasteiger partial charge >= 0.3 is 0 Å². The lowest BCUT2D eigenvalue weighted by Crippen LogP contribution is -2.33. The van der Waals surface area contributed by atoms with Crippen molar-refractivity contribution in [3.05, 3.63) is 88.1 Å². The second-order valence-corrected chi connectivity index (χ2v) is 10.7. The highest BCUT2D eigenvalue weighted by molar-refractivity contribution is 7.91. The zero-order valence-electron chi connectivity index (χ0n) is 17.6. The smallest absolute Gasteiger partial charge is 0.261 e. The molecule has 0 unspecified atom stereocenters. The van der Waals surface area contributed by atoms with E-state index in [0.29, 0.717) is 16.0 Å². The number of rotatable bonds is 9. The Morgan fingerprint density at radius 1 is 0.909 bits per heavy atom. The normalized spacial score (nSPS) is 14.2. The molecule has 1 aliphatic heterocycles. The van der Waals surface area contributed by atoms with Gasteiger partial charge < -0.3 is 5.32 Å². The summed E-state index contributed by atoms with van der Waals surface area (Å²) in [4.78, 5) is 39.3. The Labute approximate surface area is 196 Å². The van der Waals surface area contributed by atoms with Gasteiger partial charge in [0.25, 0.3) is 11.8 Å². The van der Waals surface area contributed by atoms with Crippen LogP contribution in [0, 0.1) is 0 Å². The number of benzene rings is 2. The zero-order valence-corrected chi connectivity index (χ0v) is 19.3. The molecule has 1 aliphatic rings. The van der Waals surface area contributed by atoms with Gasteiger partial charge in [0.15, 0.2) is 9.84 Å². The average molecular weight is 483 g/mol. The third-order valence-electron chi connectivity index (χ3n) is 5.46. The van der Waals surface area contributed by atoms with E-state index in [1.165, 1.54) is 11.3 Å². The summed E-state index contributed by atoms with van der Waals surface area (Å²) in [5.41, 5.74) is 0.744. The molecule has 0 bridgehead atoms. The van der Waals surface area contributed by atoms with E-state index >= 15 is 0 Å². The maximum Gasteiger partial charge on any atom is 0.261 e. The minimum absolute atomic E-state index is 0.0654. The molecule has 1 atom stereocenters. The number of amides is 3. The van der Waals surface area contributed by atoms with Crippen LogP contribution in [0.5, 0.6) is 0 Å². The maximum absolute atomic E-state index is 13.2. The Morgan fingerprint density at radius 2 is 1.55 bits per heavy atom. The van der Waals surface area contributed by atoms with Crippen LogP contribution in [-0.2, 0) is 14.6 Å². The molecule has 1 aromatic heterocycles. The summed E-state index contributed by atoms with van der Waals surface area (Å²) in [7, 11) is -3.70. The molecular formula is C24H22N2O5S2. The topological polar surface area (TPSA) is 101 Å². The van der Waals surface area contributed by atoms with E-state index in [9.17, 15) is 22.8 Å². The van der Waals surface area contributed by atoms with Crippen molar-refractivity contribution < 1.29 is 22.8 Å². The number of thiophene rings is 1. The SMILES string of the molecule is O=C(CCCN1C(=O)c2ccccc2C1=O)NC[C@H](c1cccs1)S(=O)(=O)c1ccccc1. The van der Waals surface area contributed by atoms with Gasteiger partial charge in [-0.05, 0) is 42.1 Å². The summed E-state index contributed by atoms with van der Waals surface area (Å²) in [5.74, 6) is -1.05. The van der Waals surface area contributed by atoms with Crippen LogP contribution in [0.4, 0.5) is 0 Å². The monoisotopic (exact) mass is 482 g/mol. The third-order valence-corrected chi connectivity index (χ3v) is 8.69. The molecule has 0 fully saturated rings. The van der Waals surface area contributed by atoms with Gasteiger partial charge in [0, 0.05) is 24.4 Å². The Morgan fingerprint density at radius 3 is 2.15 bits per heavy atom. The van der Waals surface area contributed by atoms with Gasteiger partial charge in [-0.15, -0.1) is 11.3 Å². The van der Waals surface area contributed by atoms with E-state index in [1.807, 2.05) is 0 Å². The van der Waals surface area contributed by atoms with Gasteiger partial charge in [-0.25, -0.2) is 8.42 Å². The summed E-state index contributed by atoms with van der Waals surface area (Å²) in [6, 6.07) is 18.3. The molecule has 4 rings (SSSR count). The Bertz CT molecular complexity index is 1240. The van der Waals surface area contributed by atoms with Gasteiger partial charge in [-0.2, -0.15) is 0 Å². The lowest BCUT2D eigenvalue weighted by atomic mass is 10.1. The van der Waals surface area contributed by atoms with Crippen LogP contribution in [-0.4, -0.2) is 44.1 Å². The predicted molar refractivity (Wildman–Crippen MR) is 125 cm³/mol. The van der Waals surface area contributed by atoms with E-state index in [2.05, 4.69) is 5.32 Å². The van der Waals surface area contributed by atoms with Gasteiger partial charge in [0.1, 0.15) is 5.25 Å². The highest BCUT2D eigenvalue weighted by Gasteiger charge is 2.35. The number of hydrogen-bond donors (Lipinski definition) is 1. The Hall–Kier alpha value is -3.30. The molecule has 0 saturated heterocycles. The number of sulfone groups is 1. The highest BCUT2D eigenvalue weighted by atomic mass is 32.2. The van der Waals surface area contributed by atoms with Gasteiger partial charge in [-0.1, -0.05) is 36.4 Å². The molecule has 0 radical (unpaired) electrons. The fourth-order valence-electron chi connectivity index (χ4n) is 3.75. The molecule has 2 aromatic carbocycles. The molecule has 1 N–H and O–H groups in total. The quantitative estimate of drug-likeness (QED) is 0.471. The molecule has 7 nitrogen and oxygen atoms in total. The van der Waals surface area contributed by atoms with E-state index in [1.54, 1.807) is 72.1 Å². The van der Waals surface area contributed by atoms with Crippen molar-refractivity contribution in [3.8, 4) is 0 Å². The first-order valence-corrected chi connectivity index (χ1v) is 12.9. The average Bonchev–Trinajstić information content (AvgIpc) is 3.43. The van der Waals surface area contributed by atoms with Crippen LogP contribution in [0.15, 0.2) is 77.0 Å². The molecule has 0 spiro atoms. The molecular weight excluding hydrogens is 460 g/mol. The summed E-state index contributed by atoms with van der Waals surface area (Å²) >= 11 is 1.32. The van der Waals surface area contributed by atoms with Crippen LogP contribution in [0.1, 0.15) is 43.7 Å². The highest BCUT2D eigenvalue weighted by Crippen LogP contribution is 2.31. The van der Waals surface area contributed by atoms with Crippen molar-refractivity contribution in [2.45, 2.75) is 23.0 Å². The largest absolute Gasteiger partial charge is 0.354 e. The summed E-state index contributed by atoms with van der Waals surface area (Å²) in [6.07, 6.45) is 0.350. The van der Waals surface area contributed by atoms with Crippen molar-refractivity contribution in [3.63, 3.8) is 0 Å². The van der Waals surface area contributed by atoms with Crippen LogP contribution in [0.2, 0.25) is 0 Å². The molecule has 3 amide bonds. The first-order chi connectivity index (χ1) is 15.9. The number of carbonyl (C=O) groups is 3. The van der Waals surface area contributed by atoms with Crippen molar-refractivity contribution in [1.82, 2.24) is 10.2 Å². The van der Waals surface area contributed by atoms with Crippen molar-refractivity contribution in [1.29, 1.82) is 0 Å². The van der Waals surface area contributed by atoms with E-state index in [4.69, 9.17) is 0 Å². The van der Waals surface area contributed by atoms with Crippen molar-refractivity contribution in [2.24, 2.45) is 0 Å². The van der Waals surface area contributed by atoms with Crippen LogP contribution >= 0.6 is 11.3 Å². The lowest BCUT2D eigenvalue weighted by molar-refractivity contribution is -0.121. The Kier molecular flexibility index (Phi) is 6.71. The molecule has 2 heterocycles. The standard InChI is InChI=1S/C24H22N2O5S2/c27-22(13-6-14-26-23(28)18-10-4-5-11-19(18)24(26)29)25-16-21(20-12-7-15-32-20)33(30,31)17-8-2-1-3-9-17/h1-5,7-12,15,21H,6,13-14,16H2,(H,25,27)/t21-/m1/s1. The number of hydrogen-bond acceptors (Lipinski definition) is 6. The molecule has 0 saturated carbocycles. The van der Waals surface area contributed by atoms with Crippen molar-refractivity contribution in [2.75, 3.05) is 13.1 Å². The second kappa shape index (κ2) is 9.68. The van der Waals surface area contributed by atoms with Crippen LogP contribution in [0.3, 0.4) is 0 Å². The first kappa shape index (κ1) is 22.9. The third kappa shape index (κ3) is 4.74. The number of nitrogens with one attached hydrogen (secondary N) is 1. The van der Waals surface area contributed by atoms with Gasteiger partial charge in [-0.3, -0.25) is 19.3 Å². The van der Waals surface area contributed by atoms with Gasteiger partial charge in [0.05, 0.1) is 16.0 Å². The second-order valence-electron chi connectivity index (χ2n) is 7.58. The van der Waals surface area contributed by atoms with Crippen LogP contribution < -0.4 is 5.32 Å². The first-order valence-electron chi connectivity index (χ1n) is 10.4. The van der Waals surface area contributed by atoms with E-state index < -0.39 is 15.1 Å². The number of carbonyl (C=O) groups excluding carboxylic acids is 3. The minimum Gasteiger partial charge on any atom is -0.354 e. The lowest BCUT2D eigenvalue weighted by Gasteiger charge is -2.18.